The quantitative estimate of drug-likeness (QED) is 0.657. The maximum Gasteiger partial charge on any atom is 0.00682 e. The largest absolute Gasteiger partial charge is 0.316 e. The lowest BCUT2D eigenvalue weighted by Gasteiger charge is -2.22. The van der Waals surface area contributed by atoms with E-state index in [0.717, 1.165) is 12.0 Å². The van der Waals surface area contributed by atoms with Crippen molar-refractivity contribution in [3.63, 3.8) is 0 Å². The Morgan fingerprint density at radius 1 is 1.25 bits per heavy atom. The van der Waals surface area contributed by atoms with Crippen LogP contribution in [0.2, 0.25) is 0 Å². The van der Waals surface area contributed by atoms with Gasteiger partial charge in [0.1, 0.15) is 0 Å². The molecule has 0 aromatic rings. The monoisotopic (exact) mass is 168 g/mol. The van der Waals surface area contributed by atoms with Crippen LogP contribution in [-0.2, 0) is 0 Å². The highest BCUT2D eigenvalue weighted by molar-refractivity contribution is 4.81. The summed E-state index contributed by atoms with van der Waals surface area (Å²) in [5.74, 6) is 0.949. The van der Waals surface area contributed by atoms with Gasteiger partial charge >= 0.3 is 0 Å². The topological polar surface area (TPSA) is 24.1 Å². The molecule has 2 rings (SSSR count). The van der Waals surface area contributed by atoms with Crippen molar-refractivity contribution in [3.05, 3.63) is 0 Å². The molecule has 0 amide bonds. The van der Waals surface area contributed by atoms with Gasteiger partial charge in [0.15, 0.2) is 0 Å². The van der Waals surface area contributed by atoms with Crippen molar-refractivity contribution in [3.8, 4) is 0 Å². The van der Waals surface area contributed by atoms with Crippen molar-refractivity contribution in [2.45, 2.75) is 38.1 Å². The maximum atomic E-state index is 3.58. The third kappa shape index (κ3) is 2.76. The minimum absolute atomic E-state index is 0.890. The van der Waals surface area contributed by atoms with Crippen LogP contribution in [0.1, 0.15) is 32.1 Å². The molecule has 0 aromatic heterocycles. The maximum absolute atomic E-state index is 3.58. The van der Waals surface area contributed by atoms with E-state index in [0.29, 0.717) is 0 Å². The molecule has 2 aliphatic rings. The molecule has 2 heteroatoms. The number of hydrogen-bond donors (Lipinski definition) is 2. The lowest BCUT2D eigenvalue weighted by atomic mass is 9.96. The Kier molecular flexibility index (Phi) is 3.01. The van der Waals surface area contributed by atoms with Gasteiger partial charge in [-0.2, -0.15) is 0 Å². The Balaban J connectivity index is 1.52. The standard InChI is InChI=1S/C10H20N2/c1-2-9(8-11-6-1)5-7-12-10-3-4-10/h9-12H,1-8H2/t9-/m0/s1. The smallest absolute Gasteiger partial charge is 0.00682 e. The van der Waals surface area contributed by atoms with E-state index in [1.807, 2.05) is 0 Å². The van der Waals surface area contributed by atoms with Gasteiger partial charge in [0, 0.05) is 6.04 Å². The number of nitrogens with one attached hydrogen (secondary N) is 2. The third-order valence-corrected chi connectivity index (χ3v) is 2.96. The normalized spacial score (nSPS) is 30.5. The Hall–Kier alpha value is -0.0800. The molecule has 2 fully saturated rings. The fourth-order valence-electron chi connectivity index (χ4n) is 1.95. The molecule has 1 saturated heterocycles. The van der Waals surface area contributed by atoms with Crippen LogP contribution in [0.25, 0.3) is 0 Å². The van der Waals surface area contributed by atoms with E-state index in [2.05, 4.69) is 10.6 Å². The van der Waals surface area contributed by atoms with Crippen LogP contribution in [0.3, 0.4) is 0 Å². The molecule has 0 bridgehead atoms. The first-order valence-electron chi connectivity index (χ1n) is 5.39. The number of hydrogen-bond acceptors (Lipinski definition) is 2. The van der Waals surface area contributed by atoms with Crippen molar-refractivity contribution < 1.29 is 0 Å². The lowest BCUT2D eigenvalue weighted by Crippen LogP contribution is -2.32. The molecule has 12 heavy (non-hydrogen) atoms. The molecule has 0 aromatic carbocycles. The second-order valence-corrected chi connectivity index (χ2v) is 4.23. The molecule has 2 nitrogen and oxygen atoms in total. The summed E-state index contributed by atoms with van der Waals surface area (Å²) >= 11 is 0. The highest BCUT2D eigenvalue weighted by Gasteiger charge is 2.20. The van der Waals surface area contributed by atoms with Gasteiger partial charge in [-0.3, -0.25) is 0 Å². The summed E-state index contributed by atoms with van der Waals surface area (Å²) in [6.07, 6.45) is 7.04. The minimum atomic E-state index is 0.890. The van der Waals surface area contributed by atoms with Gasteiger partial charge in [-0.25, -0.2) is 0 Å². The summed E-state index contributed by atoms with van der Waals surface area (Å²) < 4.78 is 0. The van der Waals surface area contributed by atoms with Crippen LogP contribution in [-0.4, -0.2) is 25.7 Å². The van der Waals surface area contributed by atoms with E-state index in [1.54, 1.807) is 0 Å². The van der Waals surface area contributed by atoms with E-state index in [1.165, 1.54) is 51.7 Å². The first-order valence-corrected chi connectivity index (χ1v) is 5.39. The Labute approximate surface area is 75.1 Å². The van der Waals surface area contributed by atoms with Gasteiger partial charge in [0.25, 0.3) is 0 Å². The van der Waals surface area contributed by atoms with Gasteiger partial charge in [-0.15, -0.1) is 0 Å². The molecule has 0 radical (unpaired) electrons. The van der Waals surface area contributed by atoms with Crippen LogP contribution < -0.4 is 10.6 Å². The summed E-state index contributed by atoms with van der Waals surface area (Å²) in [6, 6.07) is 0.890. The summed E-state index contributed by atoms with van der Waals surface area (Å²) in [5, 5.41) is 7.04. The van der Waals surface area contributed by atoms with Crippen molar-refractivity contribution in [1.82, 2.24) is 10.6 Å². The van der Waals surface area contributed by atoms with Gasteiger partial charge in [-0.05, 0) is 57.7 Å². The van der Waals surface area contributed by atoms with Crippen molar-refractivity contribution in [2.75, 3.05) is 19.6 Å². The van der Waals surface area contributed by atoms with E-state index in [-0.39, 0.29) is 0 Å². The molecule has 1 heterocycles. The van der Waals surface area contributed by atoms with Crippen LogP contribution in [0, 0.1) is 5.92 Å². The molecule has 1 aliphatic heterocycles. The molecule has 0 unspecified atom stereocenters. The molecule has 0 spiro atoms. The first-order chi connectivity index (χ1) is 5.95. The zero-order valence-corrected chi connectivity index (χ0v) is 7.81. The lowest BCUT2D eigenvalue weighted by molar-refractivity contribution is 0.352. The molecule has 1 saturated carbocycles. The number of piperidine rings is 1. The average molecular weight is 168 g/mol. The Bertz CT molecular complexity index is 126. The highest BCUT2D eigenvalue weighted by Crippen LogP contribution is 2.19. The summed E-state index contributed by atoms with van der Waals surface area (Å²) in [4.78, 5) is 0. The van der Waals surface area contributed by atoms with Crippen molar-refractivity contribution in [1.29, 1.82) is 0 Å². The van der Waals surface area contributed by atoms with Gasteiger partial charge < -0.3 is 10.6 Å². The first kappa shape index (κ1) is 8.52. The molecular formula is C10H20N2. The van der Waals surface area contributed by atoms with Crippen LogP contribution in [0.4, 0.5) is 0 Å². The average Bonchev–Trinajstić information content (AvgIpc) is 2.90. The molecule has 1 atom stereocenters. The van der Waals surface area contributed by atoms with Crippen LogP contribution in [0.15, 0.2) is 0 Å². The van der Waals surface area contributed by atoms with Crippen LogP contribution in [0.5, 0.6) is 0 Å². The third-order valence-electron chi connectivity index (χ3n) is 2.96. The molecule has 2 N–H and O–H groups in total. The fraction of sp³-hybridized carbons (Fsp3) is 1.00. The second-order valence-electron chi connectivity index (χ2n) is 4.23. The Morgan fingerprint density at radius 3 is 2.83 bits per heavy atom. The SMILES string of the molecule is C1CNC[C@H](CCNC2CC2)C1. The van der Waals surface area contributed by atoms with Gasteiger partial charge in [0.2, 0.25) is 0 Å². The van der Waals surface area contributed by atoms with Crippen molar-refractivity contribution in [2.24, 2.45) is 5.92 Å². The van der Waals surface area contributed by atoms with E-state index in [9.17, 15) is 0 Å². The van der Waals surface area contributed by atoms with Gasteiger partial charge in [-0.1, -0.05) is 0 Å². The molecule has 1 aliphatic carbocycles. The number of rotatable bonds is 4. The fourth-order valence-corrected chi connectivity index (χ4v) is 1.95. The predicted octanol–water partition coefficient (Wildman–Crippen LogP) is 1.13. The van der Waals surface area contributed by atoms with E-state index < -0.39 is 0 Å². The Morgan fingerprint density at radius 2 is 2.17 bits per heavy atom. The minimum Gasteiger partial charge on any atom is -0.316 e. The summed E-state index contributed by atoms with van der Waals surface area (Å²) in [6.45, 7) is 3.75. The van der Waals surface area contributed by atoms with Crippen molar-refractivity contribution >= 4 is 0 Å². The summed E-state index contributed by atoms with van der Waals surface area (Å²) in [7, 11) is 0. The van der Waals surface area contributed by atoms with Gasteiger partial charge in [0.05, 0.1) is 0 Å². The highest BCUT2D eigenvalue weighted by atomic mass is 14.9. The second kappa shape index (κ2) is 4.24. The van der Waals surface area contributed by atoms with E-state index in [4.69, 9.17) is 0 Å². The molecule has 70 valence electrons. The zero-order valence-electron chi connectivity index (χ0n) is 7.81. The molecular weight excluding hydrogens is 148 g/mol. The predicted molar refractivity (Wildman–Crippen MR) is 51.2 cm³/mol. The summed E-state index contributed by atoms with van der Waals surface area (Å²) in [5.41, 5.74) is 0. The zero-order chi connectivity index (χ0) is 8.23. The van der Waals surface area contributed by atoms with E-state index >= 15 is 0 Å². The van der Waals surface area contributed by atoms with Crippen LogP contribution >= 0.6 is 0 Å².